The maximum atomic E-state index is 12.4. The molecule has 2 nitrogen and oxygen atoms in total. The molecule has 122 valence electrons. The number of rotatable bonds is 7. The standard InChI is InChI=1S/C21H21NOS/c23-21(15-18-13-14-24-16-18)22-20(19-9-5-2-6-10-19)12-11-17-7-3-1-4-8-17/h1-10,13-14,16,20H,11-12,15H2,(H,22,23). The van der Waals surface area contributed by atoms with E-state index in [0.29, 0.717) is 6.42 Å². The monoisotopic (exact) mass is 335 g/mol. The molecule has 0 radical (unpaired) electrons. The van der Waals surface area contributed by atoms with Gasteiger partial charge in [0.2, 0.25) is 5.91 Å². The summed E-state index contributed by atoms with van der Waals surface area (Å²) in [6.07, 6.45) is 2.28. The van der Waals surface area contributed by atoms with Crippen LogP contribution in [0.2, 0.25) is 0 Å². The zero-order valence-corrected chi connectivity index (χ0v) is 14.3. The third-order valence-electron chi connectivity index (χ3n) is 4.05. The predicted molar refractivity (Wildman–Crippen MR) is 100 cm³/mol. The summed E-state index contributed by atoms with van der Waals surface area (Å²) >= 11 is 1.62. The maximum Gasteiger partial charge on any atom is 0.224 e. The molecule has 1 aromatic heterocycles. The fraction of sp³-hybridized carbons (Fsp3) is 0.190. The van der Waals surface area contributed by atoms with Gasteiger partial charge < -0.3 is 5.32 Å². The minimum Gasteiger partial charge on any atom is -0.349 e. The van der Waals surface area contributed by atoms with Gasteiger partial charge in [0.1, 0.15) is 0 Å². The summed E-state index contributed by atoms with van der Waals surface area (Å²) in [6.45, 7) is 0. The van der Waals surface area contributed by atoms with Crippen molar-refractivity contribution in [2.45, 2.75) is 25.3 Å². The molecule has 0 saturated heterocycles. The Balaban J connectivity index is 1.66. The molecule has 3 aromatic rings. The largest absolute Gasteiger partial charge is 0.349 e. The third kappa shape index (κ3) is 4.80. The molecule has 0 bridgehead atoms. The number of hydrogen-bond donors (Lipinski definition) is 1. The van der Waals surface area contributed by atoms with Gasteiger partial charge in [0.25, 0.3) is 0 Å². The lowest BCUT2D eigenvalue weighted by Crippen LogP contribution is -2.30. The van der Waals surface area contributed by atoms with Gasteiger partial charge in [0, 0.05) is 0 Å². The Morgan fingerprint density at radius 1 is 0.917 bits per heavy atom. The Hall–Kier alpha value is -2.39. The number of hydrogen-bond acceptors (Lipinski definition) is 2. The van der Waals surface area contributed by atoms with E-state index in [2.05, 4.69) is 41.7 Å². The molecule has 3 heteroatoms. The summed E-state index contributed by atoms with van der Waals surface area (Å²) in [5, 5.41) is 7.24. The molecule has 1 atom stereocenters. The van der Waals surface area contributed by atoms with E-state index in [1.165, 1.54) is 5.56 Å². The lowest BCUT2D eigenvalue weighted by molar-refractivity contribution is -0.121. The van der Waals surface area contributed by atoms with Crippen LogP contribution in [0.4, 0.5) is 0 Å². The number of benzene rings is 2. The highest BCUT2D eigenvalue weighted by Crippen LogP contribution is 2.20. The van der Waals surface area contributed by atoms with Gasteiger partial charge in [-0.25, -0.2) is 0 Å². The molecule has 0 fully saturated rings. The number of amides is 1. The Kier molecular flexibility index (Phi) is 5.80. The lowest BCUT2D eigenvalue weighted by atomic mass is 9.98. The van der Waals surface area contributed by atoms with Crippen molar-refractivity contribution in [2.24, 2.45) is 0 Å². The molecule has 1 N–H and O–H groups in total. The van der Waals surface area contributed by atoms with Crippen molar-refractivity contribution in [3.63, 3.8) is 0 Å². The second-order valence-electron chi connectivity index (χ2n) is 5.86. The summed E-state index contributed by atoms with van der Waals surface area (Å²) in [4.78, 5) is 12.4. The average Bonchev–Trinajstić information content (AvgIpc) is 3.13. The van der Waals surface area contributed by atoms with Crippen LogP contribution in [0.3, 0.4) is 0 Å². The van der Waals surface area contributed by atoms with Gasteiger partial charge in [-0.15, -0.1) is 0 Å². The molecule has 3 rings (SSSR count). The number of nitrogens with one attached hydrogen (secondary N) is 1. The molecule has 0 aliphatic rings. The number of carbonyl (C=O) groups is 1. The van der Waals surface area contributed by atoms with Crippen molar-refractivity contribution in [3.05, 3.63) is 94.2 Å². The van der Waals surface area contributed by atoms with Gasteiger partial charge in [-0.2, -0.15) is 11.3 Å². The van der Waals surface area contributed by atoms with Crippen LogP contribution < -0.4 is 5.32 Å². The molecular weight excluding hydrogens is 314 g/mol. The van der Waals surface area contributed by atoms with E-state index < -0.39 is 0 Å². The Bertz CT molecular complexity index is 738. The van der Waals surface area contributed by atoms with E-state index in [0.717, 1.165) is 24.0 Å². The molecule has 0 aliphatic heterocycles. The molecule has 1 unspecified atom stereocenters. The molecule has 1 heterocycles. The van der Waals surface area contributed by atoms with E-state index in [9.17, 15) is 4.79 Å². The summed E-state index contributed by atoms with van der Waals surface area (Å²) < 4.78 is 0. The number of thiophene rings is 1. The first kappa shape index (κ1) is 16.5. The fourth-order valence-electron chi connectivity index (χ4n) is 2.79. The molecule has 0 spiro atoms. The van der Waals surface area contributed by atoms with Crippen LogP contribution in [0.25, 0.3) is 0 Å². The van der Waals surface area contributed by atoms with Crippen molar-refractivity contribution >= 4 is 17.2 Å². The van der Waals surface area contributed by atoms with Gasteiger partial charge in [0.05, 0.1) is 12.5 Å². The molecular formula is C21H21NOS. The second kappa shape index (κ2) is 8.46. The smallest absolute Gasteiger partial charge is 0.224 e. The first-order valence-corrected chi connectivity index (χ1v) is 9.15. The van der Waals surface area contributed by atoms with Crippen molar-refractivity contribution < 1.29 is 4.79 Å². The molecule has 2 aromatic carbocycles. The van der Waals surface area contributed by atoms with E-state index in [-0.39, 0.29) is 11.9 Å². The van der Waals surface area contributed by atoms with Crippen LogP contribution in [0.15, 0.2) is 77.5 Å². The first-order valence-electron chi connectivity index (χ1n) is 8.20. The van der Waals surface area contributed by atoms with Gasteiger partial charge in [0.15, 0.2) is 0 Å². The van der Waals surface area contributed by atoms with Crippen molar-refractivity contribution in [2.75, 3.05) is 0 Å². The highest BCUT2D eigenvalue weighted by Gasteiger charge is 2.15. The zero-order valence-electron chi connectivity index (χ0n) is 13.5. The summed E-state index contributed by atoms with van der Waals surface area (Å²) in [5.74, 6) is 0.0790. The van der Waals surface area contributed by atoms with Gasteiger partial charge in [-0.05, 0) is 46.4 Å². The van der Waals surface area contributed by atoms with Gasteiger partial charge in [-0.1, -0.05) is 60.7 Å². The minimum atomic E-state index is 0.0394. The van der Waals surface area contributed by atoms with Crippen molar-refractivity contribution in [1.82, 2.24) is 5.32 Å². The molecule has 0 saturated carbocycles. The third-order valence-corrected chi connectivity index (χ3v) is 4.78. The van der Waals surface area contributed by atoms with Crippen molar-refractivity contribution in [3.8, 4) is 0 Å². The van der Waals surface area contributed by atoms with Crippen LogP contribution in [-0.4, -0.2) is 5.91 Å². The second-order valence-corrected chi connectivity index (χ2v) is 6.64. The summed E-state index contributed by atoms with van der Waals surface area (Å²) in [5.41, 5.74) is 3.53. The zero-order chi connectivity index (χ0) is 16.6. The normalized spacial score (nSPS) is 11.8. The number of carbonyl (C=O) groups excluding carboxylic acids is 1. The first-order chi connectivity index (χ1) is 11.8. The highest BCUT2D eigenvalue weighted by molar-refractivity contribution is 7.08. The SMILES string of the molecule is O=C(Cc1ccsc1)NC(CCc1ccccc1)c1ccccc1. The van der Waals surface area contributed by atoms with Gasteiger partial charge in [-0.3, -0.25) is 4.79 Å². The Morgan fingerprint density at radius 3 is 2.29 bits per heavy atom. The lowest BCUT2D eigenvalue weighted by Gasteiger charge is -2.19. The van der Waals surface area contributed by atoms with Crippen LogP contribution in [0.1, 0.15) is 29.2 Å². The van der Waals surface area contributed by atoms with Crippen LogP contribution >= 0.6 is 11.3 Å². The average molecular weight is 335 g/mol. The fourth-order valence-corrected chi connectivity index (χ4v) is 3.46. The van der Waals surface area contributed by atoms with E-state index in [1.54, 1.807) is 11.3 Å². The molecule has 0 aliphatic carbocycles. The summed E-state index contributed by atoms with van der Waals surface area (Å²) in [7, 11) is 0. The van der Waals surface area contributed by atoms with Crippen LogP contribution in [0, 0.1) is 0 Å². The van der Waals surface area contributed by atoms with Gasteiger partial charge >= 0.3 is 0 Å². The van der Waals surface area contributed by atoms with Crippen molar-refractivity contribution in [1.29, 1.82) is 0 Å². The highest BCUT2D eigenvalue weighted by atomic mass is 32.1. The Labute approximate surface area is 147 Å². The van der Waals surface area contributed by atoms with Crippen LogP contribution in [-0.2, 0) is 17.6 Å². The quantitative estimate of drug-likeness (QED) is 0.661. The molecule has 1 amide bonds. The molecule has 24 heavy (non-hydrogen) atoms. The summed E-state index contributed by atoms with van der Waals surface area (Å²) in [6, 6.07) is 22.7. The van der Waals surface area contributed by atoms with E-state index in [1.807, 2.05) is 41.1 Å². The van der Waals surface area contributed by atoms with E-state index in [4.69, 9.17) is 0 Å². The number of aryl methyl sites for hydroxylation is 1. The topological polar surface area (TPSA) is 29.1 Å². The minimum absolute atomic E-state index is 0.0394. The maximum absolute atomic E-state index is 12.4. The van der Waals surface area contributed by atoms with E-state index >= 15 is 0 Å². The predicted octanol–water partition coefficient (Wildman–Crippen LogP) is 4.78. The Morgan fingerprint density at radius 2 is 1.62 bits per heavy atom. The van der Waals surface area contributed by atoms with Crippen LogP contribution in [0.5, 0.6) is 0 Å².